The van der Waals surface area contributed by atoms with Gasteiger partial charge in [0.1, 0.15) is 23.0 Å². The monoisotopic (exact) mass is 371 g/mol. The minimum Gasteiger partial charge on any atom is -0.496 e. The molecule has 0 atom stereocenters. The van der Waals surface area contributed by atoms with E-state index in [-0.39, 0.29) is 12.5 Å². The fourth-order valence-corrected chi connectivity index (χ4v) is 3.03. The van der Waals surface area contributed by atoms with Crippen LogP contribution in [0.3, 0.4) is 0 Å². The lowest BCUT2D eigenvalue weighted by Gasteiger charge is -2.13. The van der Waals surface area contributed by atoms with Crippen LogP contribution in [-0.2, 0) is 4.79 Å². The molecule has 0 heterocycles. The lowest BCUT2D eigenvalue weighted by molar-refractivity contribution is -0.118. The molecule has 0 spiro atoms. The Bertz CT molecular complexity index is 731. The number of methoxy groups -OCH3 is 2. The van der Waals surface area contributed by atoms with Gasteiger partial charge in [0.2, 0.25) is 0 Å². The Balaban J connectivity index is 1.50. The highest BCUT2D eigenvalue weighted by molar-refractivity contribution is 5.91. The van der Waals surface area contributed by atoms with Gasteiger partial charge in [-0.15, -0.1) is 0 Å². The van der Waals surface area contributed by atoms with E-state index < -0.39 is 0 Å². The third kappa shape index (κ3) is 5.54. The van der Waals surface area contributed by atoms with E-state index in [0.717, 1.165) is 18.6 Å². The van der Waals surface area contributed by atoms with E-state index in [4.69, 9.17) is 18.9 Å². The maximum Gasteiger partial charge on any atom is 0.262 e. The van der Waals surface area contributed by atoms with Crippen LogP contribution in [-0.4, -0.2) is 32.8 Å². The maximum absolute atomic E-state index is 12.1. The predicted molar refractivity (Wildman–Crippen MR) is 103 cm³/mol. The Hall–Kier alpha value is -2.89. The van der Waals surface area contributed by atoms with Gasteiger partial charge in [-0.25, -0.2) is 0 Å². The smallest absolute Gasteiger partial charge is 0.262 e. The summed E-state index contributed by atoms with van der Waals surface area (Å²) < 4.78 is 21.8. The molecule has 144 valence electrons. The lowest BCUT2D eigenvalue weighted by Crippen LogP contribution is -2.20. The van der Waals surface area contributed by atoms with Gasteiger partial charge in [-0.2, -0.15) is 0 Å². The van der Waals surface area contributed by atoms with Crippen LogP contribution < -0.4 is 24.3 Å². The molecule has 27 heavy (non-hydrogen) atoms. The van der Waals surface area contributed by atoms with E-state index in [9.17, 15) is 4.79 Å². The van der Waals surface area contributed by atoms with Crippen LogP contribution in [0.25, 0.3) is 0 Å². The number of carbonyl (C=O) groups excluding carboxylic acids is 1. The zero-order valence-electron chi connectivity index (χ0n) is 15.7. The topological polar surface area (TPSA) is 66.0 Å². The summed E-state index contributed by atoms with van der Waals surface area (Å²) in [6, 6.07) is 12.6. The molecular formula is C21H25NO5. The zero-order chi connectivity index (χ0) is 19.1. The molecule has 0 aliphatic heterocycles. The number of hydrogen-bond donors (Lipinski definition) is 1. The third-order valence-electron chi connectivity index (χ3n) is 4.44. The molecule has 1 N–H and O–H groups in total. The first-order chi connectivity index (χ1) is 13.2. The second kappa shape index (κ2) is 9.16. The van der Waals surface area contributed by atoms with Crippen molar-refractivity contribution in [3.8, 4) is 23.0 Å². The molecule has 6 nitrogen and oxygen atoms in total. The molecule has 6 heteroatoms. The standard InChI is InChI=1S/C21H25NO5/c1-24-18-11-19(25-2)13-20(12-18)26-14-21(23)22-15-7-9-17(10-8-15)27-16-5-3-4-6-16/h7-13,16H,3-6,14H2,1-2H3,(H,22,23). The lowest BCUT2D eigenvalue weighted by atomic mass is 10.2. The summed E-state index contributed by atoms with van der Waals surface area (Å²) in [5, 5.41) is 2.81. The summed E-state index contributed by atoms with van der Waals surface area (Å²) in [6.45, 7) is -0.114. The van der Waals surface area contributed by atoms with Gasteiger partial charge < -0.3 is 24.3 Å². The Morgan fingerprint density at radius 1 is 0.926 bits per heavy atom. The van der Waals surface area contributed by atoms with Crippen LogP contribution in [0, 0.1) is 0 Å². The molecule has 1 aliphatic rings. The number of carbonyl (C=O) groups is 1. The van der Waals surface area contributed by atoms with Gasteiger partial charge >= 0.3 is 0 Å². The molecule has 1 amide bonds. The van der Waals surface area contributed by atoms with Crippen molar-refractivity contribution in [1.82, 2.24) is 0 Å². The van der Waals surface area contributed by atoms with Gasteiger partial charge in [0.05, 0.1) is 20.3 Å². The minimum absolute atomic E-state index is 0.114. The second-order valence-electron chi connectivity index (χ2n) is 6.43. The molecule has 0 aromatic heterocycles. The molecular weight excluding hydrogens is 346 g/mol. The first-order valence-electron chi connectivity index (χ1n) is 9.08. The van der Waals surface area contributed by atoms with E-state index >= 15 is 0 Å². The summed E-state index contributed by atoms with van der Waals surface area (Å²) >= 11 is 0. The molecule has 2 aromatic rings. The molecule has 1 fully saturated rings. The number of anilines is 1. The number of ether oxygens (including phenoxy) is 4. The molecule has 0 bridgehead atoms. The maximum atomic E-state index is 12.1. The van der Waals surface area contributed by atoms with E-state index in [1.165, 1.54) is 12.8 Å². The summed E-state index contributed by atoms with van der Waals surface area (Å²) in [7, 11) is 3.12. The molecule has 1 saturated carbocycles. The van der Waals surface area contributed by atoms with E-state index in [0.29, 0.717) is 29.0 Å². The molecule has 0 unspecified atom stereocenters. The number of benzene rings is 2. The second-order valence-corrected chi connectivity index (χ2v) is 6.43. The molecule has 2 aromatic carbocycles. The van der Waals surface area contributed by atoms with Crippen LogP contribution in [0.4, 0.5) is 5.69 Å². The van der Waals surface area contributed by atoms with E-state index in [2.05, 4.69) is 5.32 Å². The third-order valence-corrected chi connectivity index (χ3v) is 4.44. The van der Waals surface area contributed by atoms with Gasteiger partial charge in [-0.1, -0.05) is 0 Å². The van der Waals surface area contributed by atoms with Crippen LogP contribution in [0.15, 0.2) is 42.5 Å². The molecule has 0 saturated heterocycles. The van der Waals surface area contributed by atoms with Crippen molar-refractivity contribution in [3.05, 3.63) is 42.5 Å². The van der Waals surface area contributed by atoms with Crippen LogP contribution in [0.2, 0.25) is 0 Å². The van der Waals surface area contributed by atoms with Crippen LogP contribution >= 0.6 is 0 Å². The summed E-state index contributed by atoms with van der Waals surface area (Å²) in [6.07, 6.45) is 5.02. The number of hydrogen-bond acceptors (Lipinski definition) is 5. The average molecular weight is 371 g/mol. The summed E-state index contributed by atoms with van der Waals surface area (Å²) in [5.41, 5.74) is 0.700. The van der Waals surface area contributed by atoms with Gasteiger partial charge in [-0.05, 0) is 49.9 Å². The van der Waals surface area contributed by atoms with Gasteiger partial charge in [-0.3, -0.25) is 4.79 Å². The first kappa shape index (κ1) is 18.9. The Morgan fingerprint density at radius 3 is 2.11 bits per heavy atom. The number of nitrogens with one attached hydrogen (secondary N) is 1. The first-order valence-corrected chi connectivity index (χ1v) is 9.08. The van der Waals surface area contributed by atoms with Gasteiger partial charge in [0, 0.05) is 23.9 Å². The zero-order valence-corrected chi connectivity index (χ0v) is 15.7. The quantitative estimate of drug-likeness (QED) is 0.758. The fourth-order valence-electron chi connectivity index (χ4n) is 3.03. The van der Waals surface area contributed by atoms with Crippen molar-refractivity contribution in [3.63, 3.8) is 0 Å². The minimum atomic E-state index is -0.249. The molecule has 0 radical (unpaired) electrons. The van der Waals surface area contributed by atoms with E-state index in [1.54, 1.807) is 32.4 Å². The Morgan fingerprint density at radius 2 is 1.52 bits per heavy atom. The van der Waals surface area contributed by atoms with E-state index in [1.807, 2.05) is 24.3 Å². The molecule has 1 aliphatic carbocycles. The van der Waals surface area contributed by atoms with Crippen molar-refractivity contribution in [2.75, 3.05) is 26.1 Å². The highest BCUT2D eigenvalue weighted by atomic mass is 16.5. The highest BCUT2D eigenvalue weighted by Gasteiger charge is 2.16. The van der Waals surface area contributed by atoms with Crippen molar-refractivity contribution in [2.45, 2.75) is 31.8 Å². The number of amides is 1. The highest BCUT2D eigenvalue weighted by Crippen LogP contribution is 2.27. The summed E-state index contributed by atoms with van der Waals surface area (Å²) in [5.74, 6) is 2.28. The van der Waals surface area contributed by atoms with Crippen molar-refractivity contribution in [2.24, 2.45) is 0 Å². The molecule has 3 rings (SSSR count). The Labute approximate surface area is 159 Å². The predicted octanol–water partition coefficient (Wildman–Crippen LogP) is 4.04. The number of rotatable bonds is 8. The SMILES string of the molecule is COc1cc(OC)cc(OCC(=O)Nc2ccc(OC3CCCC3)cc2)c1. The fraction of sp³-hybridized carbons (Fsp3) is 0.381. The van der Waals surface area contributed by atoms with Crippen LogP contribution in [0.5, 0.6) is 23.0 Å². The summed E-state index contributed by atoms with van der Waals surface area (Å²) in [4.78, 5) is 12.1. The van der Waals surface area contributed by atoms with Crippen LogP contribution in [0.1, 0.15) is 25.7 Å². The van der Waals surface area contributed by atoms with Crippen molar-refractivity contribution < 1.29 is 23.7 Å². The van der Waals surface area contributed by atoms with Crippen molar-refractivity contribution in [1.29, 1.82) is 0 Å². The normalized spacial score (nSPS) is 13.9. The van der Waals surface area contributed by atoms with Gasteiger partial charge in [0.25, 0.3) is 5.91 Å². The van der Waals surface area contributed by atoms with Gasteiger partial charge in [0.15, 0.2) is 6.61 Å². The van der Waals surface area contributed by atoms with Crippen molar-refractivity contribution >= 4 is 11.6 Å². The average Bonchev–Trinajstić information content (AvgIpc) is 3.20. The Kier molecular flexibility index (Phi) is 6.41. The largest absolute Gasteiger partial charge is 0.496 e.